The molecule has 2 fully saturated rings. The van der Waals surface area contributed by atoms with Crippen LogP contribution in [0, 0.1) is 28.7 Å². The summed E-state index contributed by atoms with van der Waals surface area (Å²) in [5.41, 5.74) is 2.16. The molecule has 0 saturated heterocycles. The standard InChI is InChI=1S/C17H32O2.C15H10N.Ir/c1-5-16(6-2)10-9-12-11-17(7-3,8-4)15(19)13(12)14(16)18;1-2-7-13(8-3-1)15-14-9-5-4-6-12(14)10-11-16-15;/h12-15,18-19H,5-11H2,1-4H3;1-7,9-11H;/q;-1;. The molecule has 2 saturated carbocycles. The van der Waals surface area contributed by atoms with Crippen LogP contribution < -0.4 is 0 Å². The van der Waals surface area contributed by atoms with E-state index in [-0.39, 0.29) is 49.1 Å². The van der Waals surface area contributed by atoms with E-state index < -0.39 is 0 Å². The summed E-state index contributed by atoms with van der Waals surface area (Å²) in [6.45, 7) is 8.79. The largest absolute Gasteiger partial charge is 0.392 e. The first-order valence-corrected chi connectivity index (χ1v) is 13.6. The van der Waals surface area contributed by atoms with Gasteiger partial charge in [-0.25, -0.2) is 0 Å². The van der Waals surface area contributed by atoms with Crippen LogP contribution in [0.4, 0.5) is 0 Å². The van der Waals surface area contributed by atoms with E-state index in [9.17, 15) is 10.2 Å². The maximum atomic E-state index is 10.9. The number of aromatic nitrogens is 1. The van der Waals surface area contributed by atoms with Crippen LogP contribution in [0.15, 0.2) is 60.8 Å². The summed E-state index contributed by atoms with van der Waals surface area (Å²) in [5.74, 6) is 0.657. The fraction of sp³-hybridized carbons (Fsp3) is 0.531. The van der Waals surface area contributed by atoms with Gasteiger partial charge in [0.1, 0.15) is 0 Å². The Morgan fingerprint density at radius 1 is 0.861 bits per heavy atom. The summed E-state index contributed by atoms with van der Waals surface area (Å²) in [6, 6.07) is 21.4. The van der Waals surface area contributed by atoms with Crippen LogP contribution in [0.2, 0.25) is 0 Å². The molecule has 3 nitrogen and oxygen atoms in total. The number of pyridine rings is 1. The molecule has 36 heavy (non-hydrogen) atoms. The number of benzene rings is 2. The summed E-state index contributed by atoms with van der Waals surface area (Å²) in [6.07, 6.45) is 8.82. The average Bonchev–Trinajstić information content (AvgIpc) is 3.22. The van der Waals surface area contributed by atoms with E-state index >= 15 is 0 Å². The molecule has 1 radical (unpaired) electrons. The normalized spacial score (nSPS) is 25.8. The van der Waals surface area contributed by atoms with E-state index in [1.807, 2.05) is 48.7 Å². The minimum Gasteiger partial charge on any atom is -0.392 e. The summed E-state index contributed by atoms with van der Waals surface area (Å²) in [5, 5.41) is 24.2. The molecule has 2 N–H and O–H groups in total. The molecule has 197 valence electrons. The van der Waals surface area contributed by atoms with Crippen LogP contribution in [-0.4, -0.2) is 27.4 Å². The number of rotatable bonds is 5. The van der Waals surface area contributed by atoms with Crippen molar-refractivity contribution in [1.82, 2.24) is 4.98 Å². The number of fused-ring (bicyclic) bond motifs is 2. The average molecular weight is 665 g/mol. The molecule has 2 aliphatic carbocycles. The third kappa shape index (κ3) is 5.20. The van der Waals surface area contributed by atoms with E-state index in [0.717, 1.165) is 49.8 Å². The van der Waals surface area contributed by atoms with E-state index in [1.165, 1.54) is 17.2 Å². The van der Waals surface area contributed by atoms with Gasteiger partial charge in [0.25, 0.3) is 0 Å². The van der Waals surface area contributed by atoms with E-state index in [4.69, 9.17) is 0 Å². The third-order valence-electron chi connectivity index (χ3n) is 9.66. The third-order valence-corrected chi connectivity index (χ3v) is 9.66. The van der Waals surface area contributed by atoms with Gasteiger partial charge in [0, 0.05) is 32.2 Å². The van der Waals surface area contributed by atoms with Gasteiger partial charge in [-0.2, -0.15) is 0 Å². The zero-order chi connectivity index (χ0) is 25.1. The van der Waals surface area contributed by atoms with Crippen LogP contribution in [0.3, 0.4) is 0 Å². The van der Waals surface area contributed by atoms with Crippen LogP contribution in [0.5, 0.6) is 0 Å². The van der Waals surface area contributed by atoms with Crippen LogP contribution in [0.25, 0.3) is 22.0 Å². The van der Waals surface area contributed by atoms with Gasteiger partial charge in [-0.05, 0) is 84.2 Å². The SMILES string of the molecule is CCC1(CC)CCC2CC(CC)(CC)C(O)C2C1O.[Ir].[c-]1ccccc1-c1nccc2ccccc12. The Labute approximate surface area is 231 Å². The number of aliphatic hydroxyl groups excluding tert-OH is 2. The molecule has 0 spiro atoms. The van der Waals surface area contributed by atoms with Gasteiger partial charge >= 0.3 is 0 Å². The molecule has 3 aromatic rings. The van der Waals surface area contributed by atoms with Crippen molar-refractivity contribution in [2.24, 2.45) is 22.7 Å². The van der Waals surface area contributed by atoms with Crippen molar-refractivity contribution in [2.75, 3.05) is 0 Å². The van der Waals surface area contributed by atoms with Gasteiger partial charge in [-0.15, -0.1) is 35.9 Å². The molecular formula is C32H42IrNO2-. The molecule has 1 heterocycles. The minimum absolute atomic E-state index is 0. The smallest absolute Gasteiger partial charge is 0.0651 e. The maximum absolute atomic E-state index is 10.9. The number of hydrogen-bond donors (Lipinski definition) is 2. The first kappa shape index (κ1) is 29.0. The molecule has 2 aromatic carbocycles. The van der Waals surface area contributed by atoms with Crippen molar-refractivity contribution in [2.45, 2.75) is 84.8 Å². The molecule has 4 unspecified atom stereocenters. The second-order valence-electron chi connectivity index (χ2n) is 10.8. The van der Waals surface area contributed by atoms with E-state index in [2.05, 4.69) is 50.9 Å². The summed E-state index contributed by atoms with van der Waals surface area (Å²) in [7, 11) is 0. The number of aliphatic hydroxyl groups is 2. The van der Waals surface area contributed by atoms with Crippen LogP contribution in [-0.2, 0) is 20.1 Å². The van der Waals surface area contributed by atoms with E-state index in [0.29, 0.717) is 5.92 Å². The predicted octanol–water partition coefficient (Wildman–Crippen LogP) is 7.45. The molecule has 2 aliphatic rings. The quantitative estimate of drug-likeness (QED) is 0.279. The molecule has 4 heteroatoms. The molecular weight excluding hydrogens is 623 g/mol. The zero-order valence-electron chi connectivity index (χ0n) is 22.2. The molecule has 0 aliphatic heterocycles. The maximum Gasteiger partial charge on any atom is 0.0651 e. The Hall–Kier alpha value is -1.58. The summed E-state index contributed by atoms with van der Waals surface area (Å²) >= 11 is 0. The Morgan fingerprint density at radius 3 is 2.14 bits per heavy atom. The first-order valence-electron chi connectivity index (χ1n) is 13.6. The summed E-state index contributed by atoms with van der Waals surface area (Å²) in [4.78, 5) is 4.45. The van der Waals surface area contributed by atoms with E-state index in [1.54, 1.807) is 0 Å². The molecule has 5 rings (SSSR count). The van der Waals surface area contributed by atoms with Crippen LogP contribution in [0.1, 0.15) is 72.6 Å². The Balaban J connectivity index is 0.000000197. The van der Waals surface area contributed by atoms with Crippen molar-refractivity contribution < 1.29 is 30.3 Å². The van der Waals surface area contributed by atoms with Crippen molar-refractivity contribution in [3.63, 3.8) is 0 Å². The minimum atomic E-state index is -0.309. The summed E-state index contributed by atoms with van der Waals surface area (Å²) < 4.78 is 0. The monoisotopic (exact) mass is 665 g/mol. The van der Waals surface area contributed by atoms with Crippen molar-refractivity contribution in [1.29, 1.82) is 0 Å². The zero-order valence-corrected chi connectivity index (χ0v) is 24.6. The second-order valence-corrected chi connectivity index (χ2v) is 10.8. The number of nitrogens with zero attached hydrogens (tertiary/aromatic N) is 1. The number of hydrogen-bond acceptors (Lipinski definition) is 3. The predicted molar refractivity (Wildman–Crippen MR) is 145 cm³/mol. The van der Waals surface area contributed by atoms with Gasteiger partial charge in [0.05, 0.1) is 12.2 Å². The van der Waals surface area contributed by atoms with Crippen molar-refractivity contribution in [3.05, 3.63) is 66.9 Å². The molecule has 1 aromatic heterocycles. The van der Waals surface area contributed by atoms with Gasteiger partial charge in [-0.1, -0.05) is 52.0 Å². The fourth-order valence-corrected chi connectivity index (χ4v) is 7.05. The first-order chi connectivity index (χ1) is 16.9. The van der Waals surface area contributed by atoms with Crippen LogP contribution >= 0.6 is 0 Å². The molecule has 0 amide bonds. The second kappa shape index (κ2) is 12.3. The fourth-order valence-electron chi connectivity index (χ4n) is 7.05. The molecule has 0 bridgehead atoms. The van der Waals surface area contributed by atoms with Gasteiger partial charge < -0.3 is 15.2 Å². The van der Waals surface area contributed by atoms with Gasteiger partial charge in [0.15, 0.2) is 0 Å². The van der Waals surface area contributed by atoms with Crippen molar-refractivity contribution in [3.8, 4) is 11.3 Å². The van der Waals surface area contributed by atoms with Gasteiger partial charge in [-0.3, -0.25) is 0 Å². The molecule has 4 atom stereocenters. The Kier molecular flexibility index (Phi) is 9.91. The Morgan fingerprint density at radius 2 is 1.50 bits per heavy atom. The van der Waals surface area contributed by atoms with Gasteiger partial charge in [0.2, 0.25) is 0 Å². The topological polar surface area (TPSA) is 53.4 Å². The Bertz CT molecular complexity index is 1080. The van der Waals surface area contributed by atoms with Crippen molar-refractivity contribution >= 4 is 10.8 Å².